The molecule has 0 saturated heterocycles. The number of carbonyl (C=O) groups is 1. The number of ketones is 1. The van der Waals surface area contributed by atoms with Crippen LogP contribution >= 0.6 is 0 Å². The molecule has 2 aromatic carbocycles. The fraction of sp³-hybridized carbons (Fsp3) is 0.105. The number of hydrogen-bond acceptors (Lipinski definition) is 2. The molecule has 1 N–H and O–H groups in total. The first-order valence-corrected chi connectivity index (χ1v) is 7.14. The highest BCUT2D eigenvalue weighted by Gasteiger charge is 2.40. The standard InChI is InChI=1S/C19H15F3O2/c1-13(18(24)19(20,21)22)17(23)16-11-9-15(10-12-16)8-7-14-5-3-2-4-6-14/h2-12,23H,1H3/b8-7+,17-13?. The lowest BCUT2D eigenvalue weighted by atomic mass is 10.0. The molecule has 0 bridgehead atoms. The van der Waals surface area contributed by atoms with Gasteiger partial charge in [0.15, 0.2) is 0 Å². The number of allylic oxidation sites excluding steroid dienone is 1. The van der Waals surface area contributed by atoms with E-state index in [9.17, 15) is 23.1 Å². The van der Waals surface area contributed by atoms with Crippen molar-refractivity contribution in [1.29, 1.82) is 0 Å². The van der Waals surface area contributed by atoms with E-state index in [-0.39, 0.29) is 5.56 Å². The third kappa shape index (κ3) is 4.35. The van der Waals surface area contributed by atoms with Gasteiger partial charge < -0.3 is 5.11 Å². The van der Waals surface area contributed by atoms with Crippen molar-refractivity contribution in [2.75, 3.05) is 0 Å². The van der Waals surface area contributed by atoms with Crippen LogP contribution in [0.15, 0.2) is 60.2 Å². The summed E-state index contributed by atoms with van der Waals surface area (Å²) in [7, 11) is 0. The smallest absolute Gasteiger partial charge is 0.454 e. The summed E-state index contributed by atoms with van der Waals surface area (Å²) >= 11 is 0. The lowest BCUT2D eigenvalue weighted by molar-refractivity contribution is -0.166. The van der Waals surface area contributed by atoms with Crippen LogP contribution in [0.25, 0.3) is 17.9 Å². The van der Waals surface area contributed by atoms with Gasteiger partial charge in [-0.1, -0.05) is 66.7 Å². The first-order chi connectivity index (χ1) is 11.3. The number of halogens is 3. The molecular weight excluding hydrogens is 317 g/mol. The molecule has 0 fully saturated rings. The molecule has 0 aliphatic heterocycles. The van der Waals surface area contributed by atoms with Gasteiger partial charge in [-0.15, -0.1) is 0 Å². The number of rotatable bonds is 4. The fourth-order valence-electron chi connectivity index (χ4n) is 2.05. The van der Waals surface area contributed by atoms with E-state index in [0.717, 1.165) is 18.1 Å². The third-order valence-corrected chi connectivity index (χ3v) is 3.41. The second-order valence-corrected chi connectivity index (χ2v) is 5.17. The summed E-state index contributed by atoms with van der Waals surface area (Å²) in [6.45, 7) is 0.953. The van der Waals surface area contributed by atoms with E-state index in [1.165, 1.54) is 12.1 Å². The number of alkyl halides is 3. The summed E-state index contributed by atoms with van der Waals surface area (Å²) < 4.78 is 37.2. The van der Waals surface area contributed by atoms with Gasteiger partial charge in [0.05, 0.1) is 0 Å². The summed E-state index contributed by atoms with van der Waals surface area (Å²) in [5.41, 5.74) is 1.25. The van der Waals surface area contributed by atoms with Gasteiger partial charge in [0.1, 0.15) is 5.76 Å². The van der Waals surface area contributed by atoms with Crippen molar-refractivity contribution in [3.63, 3.8) is 0 Å². The third-order valence-electron chi connectivity index (χ3n) is 3.41. The van der Waals surface area contributed by atoms with Crippen molar-refractivity contribution >= 4 is 23.7 Å². The van der Waals surface area contributed by atoms with Gasteiger partial charge in [0.25, 0.3) is 5.78 Å². The Hall–Kier alpha value is -2.82. The molecule has 0 unspecified atom stereocenters. The fourth-order valence-corrected chi connectivity index (χ4v) is 2.05. The van der Waals surface area contributed by atoms with Gasteiger partial charge >= 0.3 is 6.18 Å². The minimum Gasteiger partial charge on any atom is -0.507 e. The molecule has 0 aliphatic carbocycles. The van der Waals surface area contributed by atoms with E-state index in [4.69, 9.17) is 0 Å². The van der Waals surface area contributed by atoms with Gasteiger partial charge in [-0.2, -0.15) is 13.2 Å². The van der Waals surface area contributed by atoms with Gasteiger partial charge in [-0.05, 0) is 18.1 Å². The van der Waals surface area contributed by atoms with E-state index in [2.05, 4.69) is 0 Å². The van der Waals surface area contributed by atoms with Crippen molar-refractivity contribution in [2.45, 2.75) is 13.1 Å². The number of hydrogen-bond donors (Lipinski definition) is 1. The Kier molecular flexibility index (Phi) is 5.24. The molecule has 0 saturated carbocycles. The molecular formula is C19H15F3O2. The van der Waals surface area contributed by atoms with Crippen LogP contribution in [-0.4, -0.2) is 17.1 Å². The van der Waals surface area contributed by atoms with Gasteiger partial charge in [-0.3, -0.25) is 4.79 Å². The monoisotopic (exact) mass is 332 g/mol. The minimum atomic E-state index is -5.00. The Bertz CT molecular complexity index is 771. The molecule has 0 amide bonds. The Morgan fingerprint density at radius 1 is 0.917 bits per heavy atom. The van der Waals surface area contributed by atoms with Crippen LogP contribution in [0, 0.1) is 0 Å². The average molecular weight is 332 g/mol. The maximum atomic E-state index is 12.4. The number of aliphatic hydroxyl groups is 1. The van der Waals surface area contributed by atoms with Crippen molar-refractivity contribution in [3.8, 4) is 0 Å². The zero-order chi connectivity index (χ0) is 17.7. The summed E-state index contributed by atoms with van der Waals surface area (Å²) in [5, 5.41) is 9.86. The van der Waals surface area contributed by atoms with Gasteiger partial charge in [0.2, 0.25) is 0 Å². The summed E-state index contributed by atoms with van der Waals surface area (Å²) in [4.78, 5) is 11.2. The molecule has 5 heteroatoms. The zero-order valence-electron chi connectivity index (χ0n) is 12.8. The van der Waals surface area contributed by atoms with Crippen LogP contribution in [0.3, 0.4) is 0 Å². The van der Waals surface area contributed by atoms with Crippen molar-refractivity contribution < 1.29 is 23.1 Å². The van der Waals surface area contributed by atoms with E-state index in [1.807, 2.05) is 42.5 Å². The van der Waals surface area contributed by atoms with E-state index < -0.39 is 23.3 Å². The molecule has 0 heterocycles. The maximum absolute atomic E-state index is 12.4. The van der Waals surface area contributed by atoms with Crippen LogP contribution in [0.2, 0.25) is 0 Å². The van der Waals surface area contributed by atoms with Crippen molar-refractivity contribution in [1.82, 2.24) is 0 Å². The summed E-state index contributed by atoms with van der Waals surface area (Å²) in [5.74, 6) is -2.72. The Morgan fingerprint density at radius 2 is 1.42 bits per heavy atom. The summed E-state index contributed by atoms with van der Waals surface area (Å²) in [6, 6.07) is 15.8. The highest BCUT2D eigenvalue weighted by molar-refractivity contribution is 6.04. The lowest BCUT2D eigenvalue weighted by Gasteiger charge is -2.08. The molecule has 124 valence electrons. The highest BCUT2D eigenvalue weighted by atomic mass is 19.4. The minimum absolute atomic E-state index is 0.155. The number of aliphatic hydroxyl groups excluding tert-OH is 1. The number of carbonyl (C=O) groups excluding carboxylic acids is 1. The molecule has 2 aromatic rings. The first-order valence-electron chi connectivity index (χ1n) is 7.14. The van der Waals surface area contributed by atoms with E-state index >= 15 is 0 Å². The molecule has 2 nitrogen and oxygen atoms in total. The Balaban J connectivity index is 2.20. The van der Waals surface area contributed by atoms with Crippen LogP contribution in [0.1, 0.15) is 23.6 Å². The summed E-state index contributed by atoms with van der Waals surface area (Å²) in [6.07, 6.45) is -1.27. The molecule has 0 aromatic heterocycles. The molecule has 24 heavy (non-hydrogen) atoms. The molecule has 0 spiro atoms. The second-order valence-electron chi connectivity index (χ2n) is 5.17. The van der Waals surface area contributed by atoms with Crippen LogP contribution in [0.5, 0.6) is 0 Å². The zero-order valence-corrected chi connectivity index (χ0v) is 12.8. The number of Topliss-reactive ketones (excluding diaryl/α,β-unsaturated/α-hetero) is 1. The largest absolute Gasteiger partial charge is 0.507 e. The molecule has 2 rings (SSSR count). The van der Waals surface area contributed by atoms with Gasteiger partial charge in [-0.25, -0.2) is 0 Å². The predicted molar refractivity (Wildman–Crippen MR) is 88.1 cm³/mol. The van der Waals surface area contributed by atoms with Gasteiger partial charge in [0, 0.05) is 11.1 Å². The normalized spacial score (nSPS) is 13.0. The van der Waals surface area contributed by atoms with Crippen molar-refractivity contribution in [3.05, 3.63) is 76.9 Å². The Labute approximate surface area is 137 Å². The first kappa shape index (κ1) is 17.5. The molecule has 0 radical (unpaired) electrons. The molecule has 0 aliphatic rings. The van der Waals surface area contributed by atoms with E-state index in [0.29, 0.717) is 0 Å². The van der Waals surface area contributed by atoms with Crippen LogP contribution in [-0.2, 0) is 4.79 Å². The number of benzene rings is 2. The lowest BCUT2D eigenvalue weighted by Crippen LogP contribution is -2.24. The average Bonchev–Trinajstić information content (AvgIpc) is 2.58. The quantitative estimate of drug-likeness (QED) is 0.470. The second kappa shape index (κ2) is 7.17. The van der Waals surface area contributed by atoms with E-state index in [1.54, 1.807) is 12.1 Å². The van der Waals surface area contributed by atoms with Crippen LogP contribution in [0.4, 0.5) is 13.2 Å². The Morgan fingerprint density at radius 3 is 1.92 bits per heavy atom. The molecule has 0 atom stereocenters. The SMILES string of the molecule is CC(C(=O)C(F)(F)F)=C(O)c1ccc(/C=C/c2ccccc2)cc1. The highest BCUT2D eigenvalue weighted by Crippen LogP contribution is 2.25. The topological polar surface area (TPSA) is 37.3 Å². The maximum Gasteiger partial charge on any atom is 0.454 e. The van der Waals surface area contributed by atoms with Crippen molar-refractivity contribution in [2.24, 2.45) is 0 Å². The predicted octanol–water partition coefficient (Wildman–Crippen LogP) is 5.28. The van der Waals surface area contributed by atoms with Crippen LogP contribution < -0.4 is 0 Å².